The van der Waals surface area contributed by atoms with Gasteiger partial charge in [0, 0.05) is 38.8 Å². The zero-order valence-corrected chi connectivity index (χ0v) is 16.4. The van der Waals surface area contributed by atoms with Crippen LogP contribution < -0.4 is 72.4 Å². The van der Waals surface area contributed by atoms with E-state index in [1.54, 1.807) is 0 Å². The number of aliphatic carboxylic acids is 1. The van der Waals surface area contributed by atoms with Crippen LogP contribution in [0.4, 0.5) is 0 Å². The number of hydrogen-bond acceptors (Lipinski definition) is 6. The molecule has 0 amide bonds. The van der Waals surface area contributed by atoms with Crippen molar-refractivity contribution >= 4 is 11.9 Å². The number of aliphatic imine (C=N–C) groups is 1. The third kappa shape index (κ3) is 19.9. The number of carbonyl (C=O) groups is 1. The molecule has 4 N–H and O–H groups in total. The van der Waals surface area contributed by atoms with Crippen LogP contribution in [0.25, 0.3) is 0 Å². The van der Waals surface area contributed by atoms with E-state index in [9.17, 15) is 9.90 Å². The Balaban J connectivity index is 0. The third-order valence-electron chi connectivity index (χ3n) is 2.41. The van der Waals surface area contributed by atoms with Gasteiger partial charge in [0.1, 0.15) is 0 Å². The van der Waals surface area contributed by atoms with Crippen molar-refractivity contribution in [2.75, 3.05) is 45.8 Å². The predicted molar refractivity (Wildman–Crippen MR) is 82.5 cm³/mol. The second-order valence-corrected chi connectivity index (χ2v) is 4.22. The number of carboxylic acid groups (broad SMARTS) is 1. The van der Waals surface area contributed by atoms with Gasteiger partial charge in [-0.05, 0) is 24.9 Å². The van der Waals surface area contributed by atoms with E-state index in [1.165, 1.54) is 0 Å². The van der Waals surface area contributed by atoms with Crippen molar-refractivity contribution < 1.29 is 66.4 Å². The summed E-state index contributed by atoms with van der Waals surface area (Å²) in [6.07, 6.45) is 4.60. The van der Waals surface area contributed by atoms with Crippen LogP contribution in [0.15, 0.2) is 29.8 Å². The van der Waals surface area contributed by atoms with Gasteiger partial charge in [-0.3, -0.25) is 4.99 Å². The summed E-state index contributed by atoms with van der Waals surface area (Å²) in [7, 11) is 0. The van der Waals surface area contributed by atoms with E-state index in [1.807, 2.05) is 6.08 Å². The molecule has 22 heavy (non-hydrogen) atoms. The molecular weight excluding hydrogens is 311 g/mol. The van der Waals surface area contributed by atoms with Crippen LogP contribution in [0, 0.1) is 0 Å². The Labute approximate surface area is 174 Å². The molecule has 0 heterocycles. The summed E-state index contributed by atoms with van der Waals surface area (Å²) in [5, 5.41) is 29.1. The zero-order chi connectivity index (χ0) is 15.8. The quantitative estimate of drug-likeness (QED) is 0.0639. The van der Waals surface area contributed by atoms with Crippen molar-refractivity contribution in [3.63, 3.8) is 0 Å². The van der Waals surface area contributed by atoms with Gasteiger partial charge >= 0.3 is 57.4 Å². The Morgan fingerprint density at radius 2 is 1.59 bits per heavy atom. The van der Waals surface area contributed by atoms with Crippen LogP contribution in [0.3, 0.4) is 0 Å². The van der Waals surface area contributed by atoms with Gasteiger partial charge < -0.3 is 26.2 Å². The fourth-order valence-electron chi connectivity index (χ4n) is 1.37. The third-order valence-corrected chi connectivity index (χ3v) is 2.41. The summed E-state index contributed by atoms with van der Waals surface area (Å²) >= 11 is 0. The molecular formula is C14H25KN4O3. The molecule has 0 aromatic heterocycles. The van der Waals surface area contributed by atoms with Crippen molar-refractivity contribution in [1.82, 2.24) is 16.0 Å². The molecule has 0 saturated heterocycles. The fraction of sp³-hybridized carbons (Fsp3) is 0.571. The van der Waals surface area contributed by atoms with Crippen LogP contribution in [-0.4, -0.2) is 62.8 Å². The molecule has 120 valence electrons. The number of hydrogen-bond donors (Lipinski definition) is 4. The monoisotopic (exact) mass is 336 g/mol. The Bertz CT molecular complexity index is 349. The van der Waals surface area contributed by atoms with Crippen LogP contribution >= 0.6 is 0 Å². The van der Waals surface area contributed by atoms with Gasteiger partial charge in [-0.2, -0.15) is 0 Å². The smallest absolute Gasteiger partial charge is 0.859 e. The standard InChI is InChI=1S/C14H26N4O3.K/c1-2-3-6-15-7-8-16-9-10-17-11-12-18-13(19)4-5-14(20)21;/h2,4-5,15-17H,1,3,6-12H2,(H,18,19)(H,20,21);/q;+1/p-1/b5-4+;. The molecule has 7 nitrogen and oxygen atoms in total. The molecule has 0 aliphatic rings. The normalized spacial score (nSPS) is 11.4. The Hall–Kier alpha value is -0.0636. The van der Waals surface area contributed by atoms with Crippen LogP contribution in [0.1, 0.15) is 6.42 Å². The van der Waals surface area contributed by atoms with E-state index in [0.29, 0.717) is 13.1 Å². The van der Waals surface area contributed by atoms with E-state index in [2.05, 4.69) is 27.5 Å². The molecule has 0 spiro atoms. The first-order chi connectivity index (χ1) is 10.2. The van der Waals surface area contributed by atoms with E-state index >= 15 is 0 Å². The summed E-state index contributed by atoms with van der Waals surface area (Å²) in [4.78, 5) is 13.9. The van der Waals surface area contributed by atoms with E-state index in [4.69, 9.17) is 5.11 Å². The minimum atomic E-state index is -1.15. The number of nitrogens with zero attached hydrogens (tertiary/aromatic N) is 1. The molecule has 0 unspecified atom stereocenters. The summed E-state index contributed by atoms with van der Waals surface area (Å²) in [5.74, 6) is -1.68. The van der Waals surface area contributed by atoms with Gasteiger partial charge in [-0.15, -0.1) is 6.58 Å². The van der Waals surface area contributed by atoms with Crippen LogP contribution in [0.5, 0.6) is 0 Å². The summed E-state index contributed by atoms with van der Waals surface area (Å²) in [6, 6.07) is 0. The zero-order valence-electron chi connectivity index (χ0n) is 13.3. The second kappa shape index (κ2) is 19.0. The fourth-order valence-corrected chi connectivity index (χ4v) is 1.37. The predicted octanol–water partition coefficient (Wildman–Crippen LogP) is -4.27. The minimum Gasteiger partial charge on any atom is -0.859 e. The molecule has 0 rings (SSSR count). The van der Waals surface area contributed by atoms with Crippen molar-refractivity contribution in [1.29, 1.82) is 0 Å². The molecule has 0 aromatic rings. The number of carboxylic acids is 1. The van der Waals surface area contributed by atoms with Gasteiger partial charge in [-0.25, -0.2) is 4.79 Å². The van der Waals surface area contributed by atoms with Crippen molar-refractivity contribution in [3.05, 3.63) is 24.8 Å². The molecule has 0 fully saturated rings. The van der Waals surface area contributed by atoms with Crippen LogP contribution in [0.2, 0.25) is 0 Å². The minimum absolute atomic E-state index is 0. The summed E-state index contributed by atoms with van der Waals surface area (Å²) < 4.78 is 0. The number of rotatable bonds is 14. The van der Waals surface area contributed by atoms with Gasteiger partial charge in [0.05, 0.1) is 6.54 Å². The van der Waals surface area contributed by atoms with E-state index < -0.39 is 11.9 Å². The topological polar surface area (TPSA) is 109 Å². The van der Waals surface area contributed by atoms with Gasteiger partial charge in [0.15, 0.2) is 0 Å². The summed E-state index contributed by atoms with van der Waals surface area (Å²) in [6.45, 7) is 9.00. The molecule has 8 heteroatoms. The molecule has 0 saturated carbocycles. The van der Waals surface area contributed by atoms with Gasteiger partial charge in [0.2, 0.25) is 0 Å². The Morgan fingerprint density at radius 1 is 1.05 bits per heavy atom. The SMILES string of the molecule is C=CCCNCCNCCNCCN=C([O-])/C=C/C(=O)O.[K+]. The molecule has 0 aliphatic carbocycles. The largest absolute Gasteiger partial charge is 1.00 e. The maximum atomic E-state index is 11.1. The average Bonchev–Trinajstić information content (AvgIpc) is 2.46. The Morgan fingerprint density at radius 3 is 2.14 bits per heavy atom. The van der Waals surface area contributed by atoms with E-state index in [0.717, 1.165) is 51.3 Å². The van der Waals surface area contributed by atoms with Gasteiger partial charge in [0.25, 0.3) is 0 Å². The maximum Gasteiger partial charge on any atom is 1.00 e. The maximum absolute atomic E-state index is 11.1. The van der Waals surface area contributed by atoms with Crippen molar-refractivity contribution in [3.8, 4) is 0 Å². The van der Waals surface area contributed by atoms with Crippen molar-refractivity contribution in [2.24, 2.45) is 4.99 Å². The number of nitrogens with one attached hydrogen (secondary N) is 3. The van der Waals surface area contributed by atoms with Crippen LogP contribution in [-0.2, 0) is 4.79 Å². The summed E-state index contributed by atoms with van der Waals surface area (Å²) in [5.41, 5.74) is 0. The molecule has 0 atom stereocenters. The first-order valence-corrected chi connectivity index (χ1v) is 7.02. The molecule has 0 aromatic carbocycles. The second-order valence-electron chi connectivity index (χ2n) is 4.22. The van der Waals surface area contributed by atoms with Gasteiger partial charge in [-0.1, -0.05) is 6.08 Å². The average molecular weight is 336 g/mol. The van der Waals surface area contributed by atoms with Crippen molar-refractivity contribution in [2.45, 2.75) is 6.42 Å². The molecule has 0 bridgehead atoms. The first-order valence-electron chi connectivity index (χ1n) is 7.02. The first kappa shape index (κ1) is 24.2. The van der Waals surface area contributed by atoms with E-state index in [-0.39, 0.29) is 51.4 Å². The molecule has 0 aliphatic heterocycles. The molecule has 0 radical (unpaired) electrons. The Kier molecular flexibility index (Phi) is 20.9.